The Kier molecular flexibility index (Phi) is 4.65. The minimum Gasteiger partial charge on any atom is -0.397 e. The lowest BCUT2D eigenvalue weighted by Crippen LogP contribution is -2.37. The van der Waals surface area contributed by atoms with Crippen LogP contribution in [0.3, 0.4) is 0 Å². The first kappa shape index (κ1) is 14.0. The van der Waals surface area contributed by atoms with Crippen LogP contribution >= 0.6 is 0 Å². The summed E-state index contributed by atoms with van der Waals surface area (Å²) in [6, 6.07) is 3.29. The van der Waals surface area contributed by atoms with Gasteiger partial charge in [0.25, 0.3) is 5.91 Å². The molecule has 6 nitrogen and oxygen atoms in total. The summed E-state index contributed by atoms with van der Waals surface area (Å²) >= 11 is 0. The van der Waals surface area contributed by atoms with Crippen LogP contribution in [0.1, 0.15) is 17.4 Å². The Balaban J connectivity index is 2.74. The lowest BCUT2D eigenvalue weighted by atomic mass is 10.1. The third kappa shape index (κ3) is 3.19. The molecule has 1 heterocycles. The summed E-state index contributed by atoms with van der Waals surface area (Å²) in [7, 11) is 3.19. The van der Waals surface area contributed by atoms with Crippen molar-refractivity contribution in [1.82, 2.24) is 15.2 Å². The maximum atomic E-state index is 12.1. The molecule has 0 radical (unpaired) electrons. The number of hydrogen-bond acceptors (Lipinski definition) is 4. The number of rotatable bonds is 4. The van der Waals surface area contributed by atoms with Crippen LogP contribution in [0.2, 0.25) is 0 Å². The predicted molar refractivity (Wildman–Crippen MR) is 68.8 cm³/mol. The Hall–Kier alpha value is -2.11. The molecule has 0 aromatic carbocycles. The highest BCUT2D eigenvalue weighted by molar-refractivity contribution is 5.97. The molecule has 2 amide bonds. The largest absolute Gasteiger partial charge is 0.397 e. The summed E-state index contributed by atoms with van der Waals surface area (Å²) in [5.41, 5.74) is 6.23. The Morgan fingerprint density at radius 2 is 2.22 bits per heavy atom. The molecular weight excluding hydrogens is 232 g/mol. The van der Waals surface area contributed by atoms with E-state index in [2.05, 4.69) is 10.3 Å². The van der Waals surface area contributed by atoms with Crippen LogP contribution in [0.5, 0.6) is 0 Å². The van der Waals surface area contributed by atoms with Crippen LogP contribution in [0, 0.1) is 5.92 Å². The molecule has 0 bridgehead atoms. The number of carbonyl (C=O) groups is 2. The summed E-state index contributed by atoms with van der Waals surface area (Å²) in [6.07, 6.45) is 1.51. The molecule has 18 heavy (non-hydrogen) atoms. The van der Waals surface area contributed by atoms with Crippen molar-refractivity contribution in [3.05, 3.63) is 24.0 Å². The molecule has 1 aromatic rings. The van der Waals surface area contributed by atoms with Gasteiger partial charge in [-0.3, -0.25) is 9.59 Å². The highest BCUT2D eigenvalue weighted by atomic mass is 16.2. The molecule has 1 atom stereocenters. The molecule has 98 valence electrons. The molecule has 0 aliphatic carbocycles. The van der Waals surface area contributed by atoms with E-state index in [0.29, 0.717) is 12.2 Å². The zero-order valence-electron chi connectivity index (χ0n) is 10.8. The number of nitrogen functional groups attached to an aromatic ring is 1. The smallest absolute Gasteiger partial charge is 0.274 e. The minimum atomic E-state index is -0.288. The van der Waals surface area contributed by atoms with Crippen molar-refractivity contribution in [3.63, 3.8) is 0 Å². The van der Waals surface area contributed by atoms with Crippen LogP contribution in [-0.2, 0) is 4.79 Å². The van der Waals surface area contributed by atoms with Gasteiger partial charge in [-0.15, -0.1) is 0 Å². The first-order valence-corrected chi connectivity index (χ1v) is 5.65. The van der Waals surface area contributed by atoms with Gasteiger partial charge in [0.15, 0.2) is 5.69 Å². The quantitative estimate of drug-likeness (QED) is 0.794. The van der Waals surface area contributed by atoms with Gasteiger partial charge in [0.05, 0.1) is 11.6 Å². The zero-order valence-corrected chi connectivity index (χ0v) is 10.8. The zero-order chi connectivity index (χ0) is 13.7. The number of nitrogens with two attached hydrogens (primary N) is 1. The first-order valence-electron chi connectivity index (χ1n) is 5.65. The van der Waals surface area contributed by atoms with E-state index >= 15 is 0 Å². The second kappa shape index (κ2) is 6.00. The van der Waals surface area contributed by atoms with Crippen molar-refractivity contribution in [1.29, 1.82) is 0 Å². The van der Waals surface area contributed by atoms with Crippen molar-refractivity contribution in [3.8, 4) is 0 Å². The van der Waals surface area contributed by atoms with Crippen molar-refractivity contribution < 1.29 is 9.59 Å². The molecule has 0 aliphatic rings. The molecule has 0 saturated heterocycles. The molecule has 0 saturated carbocycles. The van der Waals surface area contributed by atoms with Crippen molar-refractivity contribution in [2.24, 2.45) is 5.92 Å². The van der Waals surface area contributed by atoms with Gasteiger partial charge < -0.3 is 16.0 Å². The fourth-order valence-corrected chi connectivity index (χ4v) is 1.60. The fraction of sp³-hybridized carbons (Fsp3) is 0.417. The molecule has 0 spiro atoms. The third-order valence-electron chi connectivity index (χ3n) is 2.63. The van der Waals surface area contributed by atoms with Crippen LogP contribution in [-0.4, -0.2) is 42.3 Å². The van der Waals surface area contributed by atoms with Gasteiger partial charge in [0.2, 0.25) is 5.91 Å². The number of nitrogens with one attached hydrogen (secondary N) is 1. The standard InChI is InChI=1S/C12H18N4O2/c1-8(11(17)14-2)7-16(3)12(18)10-9(13)5-4-6-15-10/h4-6,8H,7,13H2,1-3H3,(H,14,17). The number of anilines is 1. The molecule has 6 heteroatoms. The highest BCUT2D eigenvalue weighted by Crippen LogP contribution is 2.10. The Morgan fingerprint density at radius 3 is 2.78 bits per heavy atom. The van der Waals surface area contributed by atoms with Crippen molar-refractivity contribution >= 4 is 17.5 Å². The van der Waals surface area contributed by atoms with E-state index < -0.39 is 0 Å². The van der Waals surface area contributed by atoms with Crippen molar-refractivity contribution in [2.75, 3.05) is 26.4 Å². The molecule has 1 aromatic heterocycles. The molecule has 1 unspecified atom stereocenters. The molecular formula is C12H18N4O2. The maximum absolute atomic E-state index is 12.1. The summed E-state index contributed by atoms with van der Waals surface area (Å²) in [5, 5.41) is 2.54. The van der Waals surface area contributed by atoms with Crippen LogP contribution < -0.4 is 11.1 Å². The van der Waals surface area contributed by atoms with E-state index in [1.54, 1.807) is 33.2 Å². The maximum Gasteiger partial charge on any atom is 0.274 e. The second-order valence-corrected chi connectivity index (χ2v) is 4.14. The second-order valence-electron chi connectivity index (χ2n) is 4.14. The number of aromatic nitrogens is 1. The van der Waals surface area contributed by atoms with E-state index in [1.165, 1.54) is 11.1 Å². The van der Waals surface area contributed by atoms with Crippen LogP contribution in [0.4, 0.5) is 5.69 Å². The van der Waals surface area contributed by atoms with E-state index in [9.17, 15) is 9.59 Å². The van der Waals surface area contributed by atoms with E-state index in [1.807, 2.05) is 0 Å². The molecule has 0 fully saturated rings. The van der Waals surface area contributed by atoms with E-state index in [4.69, 9.17) is 5.73 Å². The van der Waals surface area contributed by atoms with Gasteiger partial charge in [-0.1, -0.05) is 6.92 Å². The van der Waals surface area contributed by atoms with Crippen LogP contribution in [0.15, 0.2) is 18.3 Å². The Bertz CT molecular complexity index is 447. The van der Waals surface area contributed by atoms with Gasteiger partial charge in [-0.25, -0.2) is 4.98 Å². The van der Waals surface area contributed by atoms with E-state index in [0.717, 1.165) is 0 Å². The number of carbonyl (C=O) groups excluding carboxylic acids is 2. The number of amides is 2. The van der Waals surface area contributed by atoms with Gasteiger partial charge >= 0.3 is 0 Å². The number of pyridine rings is 1. The van der Waals surface area contributed by atoms with Crippen molar-refractivity contribution in [2.45, 2.75) is 6.92 Å². The predicted octanol–water partition coefficient (Wildman–Crippen LogP) is 0.118. The lowest BCUT2D eigenvalue weighted by molar-refractivity contribution is -0.124. The summed E-state index contributed by atoms with van der Waals surface area (Å²) in [5.74, 6) is -0.679. The first-order chi connectivity index (χ1) is 8.47. The number of nitrogens with zero attached hydrogens (tertiary/aromatic N) is 2. The normalized spacial score (nSPS) is 11.7. The molecule has 1 rings (SSSR count). The minimum absolute atomic E-state index is 0.108. The van der Waals surface area contributed by atoms with Crippen LogP contribution in [0.25, 0.3) is 0 Å². The highest BCUT2D eigenvalue weighted by Gasteiger charge is 2.20. The SMILES string of the molecule is CNC(=O)C(C)CN(C)C(=O)c1ncccc1N. The summed E-state index contributed by atoms with van der Waals surface area (Å²) in [6.45, 7) is 2.07. The fourth-order valence-electron chi connectivity index (χ4n) is 1.60. The summed E-state index contributed by atoms with van der Waals surface area (Å²) in [4.78, 5) is 28.8. The van der Waals surface area contributed by atoms with Gasteiger partial charge in [-0.05, 0) is 12.1 Å². The van der Waals surface area contributed by atoms with Gasteiger partial charge in [0.1, 0.15) is 0 Å². The molecule has 3 N–H and O–H groups in total. The van der Waals surface area contributed by atoms with Gasteiger partial charge in [0, 0.05) is 26.8 Å². The summed E-state index contributed by atoms with van der Waals surface area (Å²) < 4.78 is 0. The van der Waals surface area contributed by atoms with Gasteiger partial charge in [-0.2, -0.15) is 0 Å². The Morgan fingerprint density at radius 1 is 1.56 bits per heavy atom. The third-order valence-corrected chi connectivity index (χ3v) is 2.63. The monoisotopic (exact) mass is 250 g/mol. The average molecular weight is 250 g/mol. The lowest BCUT2D eigenvalue weighted by Gasteiger charge is -2.20. The molecule has 0 aliphatic heterocycles. The average Bonchev–Trinajstić information content (AvgIpc) is 2.37. The van der Waals surface area contributed by atoms with E-state index in [-0.39, 0.29) is 23.4 Å². The number of hydrogen-bond donors (Lipinski definition) is 2. The topological polar surface area (TPSA) is 88.3 Å². The Labute approximate surface area is 106 Å².